The van der Waals surface area contributed by atoms with Crippen molar-refractivity contribution in [3.63, 3.8) is 0 Å². The Morgan fingerprint density at radius 3 is 2.97 bits per heavy atom. The number of benzene rings is 1. The van der Waals surface area contributed by atoms with Gasteiger partial charge in [-0.1, -0.05) is 23.4 Å². The Morgan fingerprint density at radius 1 is 1.24 bits per heavy atom. The first-order chi connectivity index (χ1) is 14.2. The Labute approximate surface area is 167 Å². The molecule has 0 aliphatic heterocycles. The molecule has 148 valence electrons. The summed E-state index contributed by atoms with van der Waals surface area (Å²) in [4.78, 5) is 23.9. The van der Waals surface area contributed by atoms with Crippen LogP contribution < -0.4 is 10.1 Å². The Hall–Kier alpha value is -3.68. The fraction of sp³-hybridized carbons (Fsp3) is 0.238. The second-order valence-corrected chi connectivity index (χ2v) is 6.47. The first kappa shape index (κ1) is 18.7. The maximum Gasteiger partial charge on any atom is 0.246 e. The van der Waals surface area contributed by atoms with Crippen LogP contribution in [0.4, 0.5) is 0 Å². The molecular formula is C21H21N5O3. The van der Waals surface area contributed by atoms with E-state index in [9.17, 15) is 4.79 Å². The number of pyridine rings is 1. The second-order valence-electron chi connectivity index (χ2n) is 6.47. The van der Waals surface area contributed by atoms with Crippen molar-refractivity contribution >= 4 is 16.8 Å². The molecule has 4 rings (SSSR count). The van der Waals surface area contributed by atoms with Crippen LogP contribution in [0, 0.1) is 0 Å². The number of aryl methyl sites for hydroxylation is 1. The highest BCUT2D eigenvalue weighted by molar-refractivity contribution is 5.84. The number of para-hydroxylation sites is 1. The molecule has 0 atom stereocenters. The van der Waals surface area contributed by atoms with Crippen molar-refractivity contribution in [1.82, 2.24) is 25.4 Å². The Bertz CT molecular complexity index is 1100. The normalized spacial score (nSPS) is 10.9. The van der Waals surface area contributed by atoms with Crippen LogP contribution in [0.25, 0.3) is 22.3 Å². The van der Waals surface area contributed by atoms with Crippen molar-refractivity contribution < 1.29 is 14.1 Å². The summed E-state index contributed by atoms with van der Waals surface area (Å²) in [5.74, 6) is 1.23. The smallest absolute Gasteiger partial charge is 0.246 e. The SMILES string of the molecule is CCOc1ccc(-c2noc(CNC(=O)CCc3c[nH]c4ccccc34)n2)cn1. The lowest BCUT2D eigenvalue weighted by atomic mass is 10.1. The topological polar surface area (TPSA) is 106 Å². The van der Waals surface area contributed by atoms with Crippen LogP contribution in [0.3, 0.4) is 0 Å². The highest BCUT2D eigenvalue weighted by atomic mass is 16.5. The third kappa shape index (κ3) is 4.43. The summed E-state index contributed by atoms with van der Waals surface area (Å²) in [6, 6.07) is 11.6. The number of rotatable bonds is 8. The van der Waals surface area contributed by atoms with E-state index in [0.717, 1.165) is 16.5 Å². The van der Waals surface area contributed by atoms with Gasteiger partial charge in [0.25, 0.3) is 0 Å². The first-order valence-corrected chi connectivity index (χ1v) is 9.46. The quantitative estimate of drug-likeness (QED) is 0.478. The zero-order valence-corrected chi connectivity index (χ0v) is 16.0. The van der Waals surface area contributed by atoms with Crippen molar-refractivity contribution in [2.75, 3.05) is 6.61 Å². The minimum Gasteiger partial charge on any atom is -0.478 e. The van der Waals surface area contributed by atoms with Crippen molar-refractivity contribution in [3.8, 4) is 17.3 Å². The van der Waals surface area contributed by atoms with E-state index in [4.69, 9.17) is 9.26 Å². The van der Waals surface area contributed by atoms with Crippen molar-refractivity contribution in [2.45, 2.75) is 26.3 Å². The van der Waals surface area contributed by atoms with Gasteiger partial charge >= 0.3 is 0 Å². The molecule has 0 aliphatic rings. The van der Waals surface area contributed by atoms with Crippen LogP contribution in [0.2, 0.25) is 0 Å². The summed E-state index contributed by atoms with van der Waals surface area (Å²) in [5, 5.41) is 7.90. The molecule has 8 nitrogen and oxygen atoms in total. The predicted molar refractivity (Wildman–Crippen MR) is 107 cm³/mol. The van der Waals surface area contributed by atoms with Gasteiger partial charge in [-0.05, 0) is 31.0 Å². The van der Waals surface area contributed by atoms with Gasteiger partial charge in [0.15, 0.2) is 0 Å². The summed E-state index contributed by atoms with van der Waals surface area (Å²) in [7, 11) is 0. The first-order valence-electron chi connectivity index (χ1n) is 9.46. The molecule has 3 heterocycles. The average Bonchev–Trinajstić information content (AvgIpc) is 3.39. The molecular weight excluding hydrogens is 370 g/mol. The number of hydrogen-bond acceptors (Lipinski definition) is 6. The van der Waals surface area contributed by atoms with Gasteiger partial charge in [-0.15, -0.1) is 0 Å². The minimum atomic E-state index is -0.0715. The fourth-order valence-electron chi connectivity index (χ4n) is 3.04. The zero-order chi connectivity index (χ0) is 20.1. The van der Waals surface area contributed by atoms with Crippen molar-refractivity contribution in [1.29, 1.82) is 0 Å². The molecule has 0 spiro atoms. The van der Waals surface area contributed by atoms with Crippen LogP contribution >= 0.6 is 0 Å². The van der Waals surface area contributed by atoms with E-state index in [1.165, 1.54) is 0 Å². The third-order valence-electron chi connectivity index (χ3n) is 4.49. The van der Waals surface area contributed by atoms with E-state index in [-0.39, 0.29) is 12.5 Å². The van der Waals surface area contributed by atoms with Crippen LogP contribution in [-0.4, -0.2) is 32.6 Å². The van der Waals surface area contributed by atoms with Gasteiger partial charge in [0.2, 0.25) is 23.5 Å². The molecule has 1 amide bonds. The maximum atomic E-state index is 12.2. The average molecular weight is 391 g/mol. The summed E-state index contributed by atoms with van der Waals surface area (Å²) in [5.41, 5.74) is 2.91. The number of hydrogen-bond donors (Lipinski definition) is 2. The number of ether oxygens (including phenoxy) is 1. The second kappa shape index (κ2) is 8.55. The summed E-state index contributed by atoms with van der Waals surface area (Å²) in [6.07, 6.45) is 4.61. The molecule has 0 saturated carbocycles. The molecule has 29 heavy (non-hydrogen) atoms. The number of carbonyl (C=O) groups is 1. The molecule has 2 N–H and O–H groups in total. The molecule has 0 unspecified atom stereocenters. The van der Waals surface area contributed by atoms with E-state index in [0.29, 0.717) is 42.6 Å². The monoisotopic (exact) mass is 391 g/mol. The van der Waals surface area contributed by atoms with Gasteiger partial charge in [0.05, 0.1) is 13.2 Å². The van der Waals surface area contributed by atoms with Gasteiger partial charge in [-0.2, -0.15) is 4.98 Å². The standard InChI is InChI=1S/C21H21N5O3/c1-2-28-19-10-8-15(12-24-19)21-25-20(29-26-21)13-23-18(27)9-7-14-11-22-17-6-4-3-5-16(14)17/h3-6,8,10-12,22H,2,7,9,13H2,1H3,(H,23,27). The highest BCUT2D eigenvalue weighted by Gasteiger charge is 2.11. The summed E-state index contributed by atoms with van der Waals surface area (Å²) in [6.45, 7) is 2.64. The van der Waals surface area contributed by atoms with Gasteiger partial charge in [-0.3, -0.25) is 4.79 Å². The largest absolute Gasteiger partial charge is 0.478 e. The molecule has 0 aliphatic carbocycles. The Balaban J connectivity index is 1.29. The van der Waals surface area contributed by atoms with Crippen LogP contribution in [0.1, 0.15) is 24.8 Å². The van der Waals surface area contributed by atoms with Gasteiger partial charge in [0, 0.05) is 41.3 Å². The van der Waals surface area contributed by atoms with Crippen LogP contribution in [-0.2, 0) is 17.8 Å². The maximum absolute atomic E-state index is 12.2. The predicted octanol–water partition coefficient (Wildman–Crippen LogP) is 3.26. The molecule has 4 aromatic rings. The van der Waals surface area contributed by atoms with Crippen molar-refractivity contribution in [3.05, 3.63) is 60.2 Å². The van der Waals surface area contributed by atoms with E-state index in [1.807, 2.05) is 37.4 Å². The molecule has 8 heteroatoms. The van der Waals surface area contributed by atoms with E-state index in [1.54, 1.807) is 12.3 Å². The molecule has 0 saturated heterocycles. The Morgan fingerprint density at radius 2 is 2.14 bits per heavy atom. The molecule has 3 aromatic heterocycles. The molecule has 1 aromatic carbocycles. The number of nitrogens with one attached hydrogen (secondary N) is 2. The van der Waals surface area contributed by atoms with E-state index in [2.05, 4.69) is 31.5 Å². The van der Waals surface area contributed by atoms with Gasteiger partial charge in [0.1, 0.15) is 0 Å². The minimum absolute atomic E-state index is 0.0715. The number of nitrogens with zero attached hydrogens (tertiary/aromatic N) is 3. The summed E-state index contributed by atoms with van der Waals surface area (Å²) < 4.78 is 10.5. The van der Waals surface area contributed by atoms with Gasteiger partial charge < -0.3 is 19.6 Å². The fourth-order valence-corrected chi connectivity index (χ4v) is 3.04. The third-order valence-corrected chi connectivity index (χ3v) is 4.49. The zero-order valence-electron chi connectivity index (χ0n) is 16.0. The molecule has 0 fully saturated rings. The number of H-pyrrole nitrogens is 1. The number of aromatic nitrogens is 4. The van der Waals surface area contributed by atoms with Crippen LogP contribution in [0.5, 0.6) is 5.88 Å². The summed E-state index contributed by atoms with van der Waals surface area (Å²) >= 11 is 0. The van der Waals surface area contributed by atoms with E-state index >= 15 is 0 Å². The highest BCUT2D eigenvalue weighted by Crippen LogP contribution is 2.19. The lowest BCUT2D eigenvalue weighted by molar-refractivity contribution is -0.121. The lowest BCUT2D eigenvalue weighted by Gasteiger charge is -2.02. The number of aromatic amines is 1. The number of fused-ring (bicyclic) bond motifs is 1. The van der Waals surface area contributed by atoms with Crippen LogP contribution in [0.15, 0.2) is 53.3 Å². The molecule has 0 bridgehead atoms. The number of carbonyl (C=O) groups excluding carboxylic acids is 1. The molecule has 0 radical (unpaired) electrons. The number of amides is 1. The van der Waals surface area contributed by atoms with Gasteiger partial charge in [-0.25, -0.2) is 4.98 Å². The van der Waals surface area contributed by atoms with Crippen molar-refractivity contribution in [2.24, 2.45) is 0 Å². The Kier molecular flexibility index (Phi) is 5.51. The lowest BCUT2D eigenvalue weighted by Crippen LogP contribution is -2.23. The van der Waals surface area contributed by atoms with E-state index < -0.39 is 0 Å².